The highest BCUT2D eigenvalue weighted by molar-refractivity contribution is 6.30. The van der Waals surface area contributed by atoms with Gasteiger partial charge in [-0.2, -0.15) is 13.2 Å². The van der Waals surface area contributed by atoms with Gasteiger partial charge in [-0.05, 0) is 48.9 Å². The van der Waals surface area contributed by atoms with Gasteiger partial charge in [0, 0.05) is 23.5 Å². The van der Waals surface area contributed by atoms with E-state index in [0.29, 0.717) is 34.0 Å². The molecule has 1 N–H and O–H groups in total. The molecule has 0 atom stereocenters. The number of halogens is 4. The van der Waals surface area contributed by atoms with Crippen molar-refractivity contribution in [3.05, 3.63) is 71.1 Å². The number of aromatic nitrogens is 4. The first kappa shape index (κ1) is 21.0. The molecule has 0 fully saturated rings. The summed E-state index contributed by atoms with van der Waals surface area (Å²) < 4.78 is 40.3. The molecule has 0 amide bonds. The van der Waals surface area contributed by atoms with Crippen LogP contribution in [0.25, 0.3) is 22.4 Å². The van der Waals surface area contributed by atoms with E-state index >= 15 is 0 Å². The van der Waals surface area contributed by atoms with Gasteiger partial charge in [-0.3, -0.25) is 4.98 Å². The summed E-state index contributed by atoms with van der Waals surface area (Å²) in [5, 5.41) is 4.39. The number of alkyl halides is 3. The van der Waals surface area contributed by atoms with Gasteiger partial charge in [0.25, 0.3) is 0 Å². The monoisotopic (exact) mass is 443 g/mol. The molecule has 0 aliphatic carbocycles. The van der Waals surface area contributed by atoms with Crippen molar-refractivity contribution in [2.24, 2.45) is 0 Å². The number of rotatable bonds is 5. The topological polar surface area (TPSA) is 63.6 Å². The Morgan fingerprint density at radius 3 is 2.58 bits per heavy atom. The van der Waals surface area contributed by atoms with Crippen LogP contribution in [0.4, 0.5) is 24.7 Å². The summed E-state index contributed by atoms with van der Waals surface area (Å²) in [6, 6.07) is 10.8. The Balaban J connectivity index is 1.84. The van der Waals surface area contributed by atoms with Crippen molar-refractivity contribution in [1.29, 1.82) is 0 Å². The third kappa shape index (κ3) is 4.59. The van der Waals surface area contributed by atoms with Gasteiger partial charge in [0.1, 0.15) is 11.5 Å². The van der Waals surface area contributed by atoms with Gasteiger partial charge in [-0.25, -0.2) is 15.0 Å². The molecule has 4 aromatic rings. The standard InChI is InChI=1S/C22H17ClF3N5/c1-2-4-14-11-18(30-19-9-6-13(23)12-28-19)15-7-8-17(31-21(15)29-14)20-16(22(24,25)26)5-3-10-27-20/h3,5-12H,2,4H2,1H3,(H,28,29,30,31). The van der Waals surface area contributed by atoms with Crippen molar-refractivity contribution in [1.82, 2.24) is 19.9 Å². The molecular formula is C22H17ClF3N5. The Kier molecular flexibility index (Phi) is 5.73. The molecule has 0 radical (unpaired) electrons. The van der Waals surface area contributed by atoms with E-state index in [4.69, 9.17) is 11.6 Å². The predicted molar refractivity (Wildman–Crippen MR) is 114 cm³/mol. The molecule has 9 heteroatoms. The molecule has 4 heterocycles. The number of nitrogens with one attached hydrogen (secondary N) is 1. The van der Waals surface area contributed by atoms with Crippen LogP contribution in [-0.2, 0) is 12.6 Å². The number of fused-ring (bicyclic) bond motifs is 1. The summed E-state index contributed by atoms with van der Waals surface area (Å²) in [5.41, 5.74) is 0.854. The quantitative estimate of drug-likeness (QED) is 0.383. The Labute approximate surface area is 181 Å². The van der Waals surface area contributed by atoms with Crippen molar-refractivity contribution >= 4 is 34.1 Å². The maximum absolute atomic E-state index is 13.4. The Morgan fingerprint density at radius 2 is 1.87 bits per heavy atom. The molecule has 0 saturated heterocycles. The van der Waals surface area contributed by atoms with E-state index in [1.807, 2.05) is 13.0 Å². The number of hydrogen-bond donors (Lipinski definition) is 1. The minimum Gasteiger partial charge on any atom is -0.340 e. The normalized spacial score (nSPS) is 11.6. The second kappa shape index (κ2) is 8.47. The van der Waals surface area contributed by atoms with E-state index in [1.165, 1.54) is 24.5 Å². The van der Waals surface area contributed by atoms with E-state index in [1.54, 1.807) is 18.2 Å². The zero-order valence-corrected chi connectivity index (χ0v) is 17.2. The molecule has 4 aromatic heterocycles. The maximum Gasteiger partial charge on any atom is 0.418 e. The molecule has 4 rings (SSSR count). The van der Waals surface area contributed by atoms with E-state index in [2.05, 4.69) is 25.3 Å². The number of anilines is 2. The van der Waals surface area contributed by atoms with Crippen molar-refractivity contribution in [2.75, 3.05) is 5.32 Å². The Morgan fingerprint density at radius 1 is 1.03 bits per heavy atom. The van der Waals surface area contributed by atoms with E-state index < -0.39 is 11.7 Å². The molecular weight excluding hydrogens is 427 g/mol. The molecule has 0 aliphatic rings. The van der Waals surface area contributed by atoms with Crippen LogP contribution in [0, 0.1) is 0 Å². The average molecular weight is 444 g/mol. The average Bonchev–Trinajstić information content (AvgIpc) is 2.74. The van der Waals surface area contributed by atoms with E-state index in [9.17, 15) is 13.2 Å². The third-order valence-corrected chi connectivity index (χ3v) is 4.80. The van der Waals surface area contributed by atoms with E-state index in [-0.39, 0.29) is 11.4 Å². The fraction of sp³-hybridized carbons (Fsp3) is 0.182. The molecule has 0 unspecified atom stereocenters. The molecule has 0 aliphatic heterocycles. The predicted octanol–water partition coefficient (Wildman–Crippen LogP) is 6.46. The molecule has 0 saturated carbocycles. The largest absolute Gasteiger partial charge is 0.418 e. The lowest BCUT2D eigenvalue weighted by molar-refractivity contribution is -0.137. The first-order valence-corrected chi connectivity index (χ1v) is 9.95. The van der Waals surface area contributed by atoms with Crippen LogP contribution in [-0.4, -0.2) is 19.9 Å². The van der Waals surface area contributed by atoms with Crippen LogP contribution in [0.15, 0.2) is 54.9 Å². The number of pyridine rings is 4. The third-order valence-electron chi connectivity index (χ3n) is 4.58. The summed E-state index contributed by atoms with van der Waals surface area (Å²) >= 11 is 5.90. The lowest BCUT2D eigenvalue weighted by Crippen LogP contribution is -2.09. The zero-order chi connectivity index (χ0) is 22.0. The van der Waals surface area contributed by atoms with Crippen LogP contribution in [0.1, 0.15) is 24.6 Å². The van der Waals surface area contributed by atoms with Crippen LogP contribution in [0.2, 0.25) is 5.02 Å². The SMILES string of the molecule is CCCc1cc(Nc2ccc(Cl)cn2)c2ccc(-c3ncccc3C(F)(F)F)nc2n1. The zero-order valence-electron chi connectivity index (χ0n) is 16.4. The van der Waals surface area contributed by atoms with Crippen molar-refractivity contribution in [3.8, 4) is 11.4 Å². The van der Waals surface area contributed by atoms with Crippen LogP contribution >= 0.6 is 11.6 Å². The first-order chi connectivity index (χ1) is 14.8. The highest BCUT2D eigenvalue weighted by atomic mass is 35.5. The van der Waals surface area contributed by atoms with Gasteiger partial charge in [0.15, 0.2) is 5.65 Å². The lowest BCUT2D eigenvalue weighted by atomic mass is 10.1. The van der Waals surface area contributed by atoms with Gasteiger partial charge in [0.05, 0.1) is 22.0 Å². The molecule has 0 bridgehead atoms. The molecule has 0 aromatic carbocycles. The highest BCUT2D eigenvalue weighted by Gasteiger charge is 2.34. The second-order valence-electron chi connectivity index (χ2n) is 6.86. The fourth-order valence-corrected chi connectivity index (χ4v) is 3.31. The Bertz CT molecular complexity index is 1230. The van der Waals surface area contributed by atoms with Crippen LogP contribution < -0.4 is 5.32 Å². The van der Waals surface area contributed by atoms with Gasteiger partial charge in [-0.1, -0.05) is 24.9 Å². The smallest absolute Gasteiger partial charge is 0.340 e. The first-order valence-electron chi connectivity index (χ1n) is 9.57. The number of nitrogens with zero attached hydrogens (tertiary/aromatic N) is 4. The minimum absolute atomic E-state index is 0.108. The summed E-state index contributed by atoms with van der Waals surface area (Å²) in [6.07, 6.45) is -0.144. The second-order valence-corrected chi connectivity index (χ2v) is 7.30. The molecule has 5 nitrogen and oxygen atoms in total. The van der Waals surface area contributed by atoms with Crippen LogP contribution in [0.3, 0.4) is 0 Å². The molecule has 0 spiro atoms. The van der Waals surface area contributed by atoms with Crippen LogP contribution in [0.5, 0.6) is 0 Å². The highest BCUT2D eigenvalue weighted by Crippen LogP contribution is 2.36. The van der Waals surface area contributed by atoms with Gasteiger partial charge >= 0.3 is 6.18 Å². The summed E-state index contributed by atoms with van der Waals surface area (Å²) in [6.45, 7) is 2.02. The van der Waals surface area contributed by atoms with Gasteiger partial charge in [-0.15, -0.1) is 0 Å². The fourth-order valence-electron chi connectivity index (χ4n) is 3.20. The molecule has 31 heavy (non-hydrogen) atoms. The number of aryl methyl sites for hydroxylation is 1. The van der Waals surface area contributed by atoms with E-state index in [0.717, 1.165) is 18.2 Å². The maximum atomic E-state index is 13.4. The molecule has 158 valence electrons. The summed E-state index contributed by atoms with van der Waals surface area (Å²) in [7, 11) is 0. The summed E-state index contributed by atoms with van der Waals surface area (Å²) in [5.74, 6) is 0.576. The van der Waals surface area contributed by atoms with Crippen molar-refractivity contribution < 1.29 is 13.2 Å². The van der Waals surface area contributed by atoms with Crippen molar-refractivity contribution in [3.63, 3.8) is 0 Å². The minimum atomic E-state index is -4.54. The Hall–Kier alpha value is -3.26. The van der Waals surface area contributed by atoms with Crippen molar-refractivity contribution in [2.45, 2.75) is 25.9 Å². The van der Waals surface area contributed by atoms with Gasteiger partial charge in [0.2, 0.25) is 0 Å². The van der Waals surface area contributed by atoms with Gasteiger partial charge < -0.3 is 5.32 Å². The lowest BCUT2D eigenvalue weighted by Gasteiger charge is -2.14. The number of hydrogen-bond acceptors (Lipinski definition) is 5. The summed E-state index contributed by atoms with van der Waals surface area (Å²) in [4.78, 5) is 17.2.